The molecule has 2 unspecified atom stereocenters. The molecule has 27 heavy (non-hydrogen) atoms. The number of piperidine rings is 1. The van der Waals surface area contributed by atoms with Crippen LogP contribution < -0.4 is 10.9 Å². The van der Waals surface area contributed by atoms with Crippen molar-refractivity contribution in [2.45, 2.75) is 52.5 Å². The number of nitrogens with zero attached hydrogens (tertiary/aromatic N) is 2. The highest BCUT2D eigenvalue weighted by atomic mass is 16.1. The Bertz CT molecular complexity index is 779. The summed E-state index contributed by atoms with van der Waals surface area (Å²) in [5.74, 6) is 0.522. The lowest BCUT2D eigenvalue weighted by atomic mass is 9.87. The van der Waals surface area contributed by atoms with Crippen molar-refractivity contribution >= 4 is 5.69 Å². The summed E-state index contributed by atoms with van der Waals surface area (Å²) in [7, 11) is 3.97. The minimum Gasteiger partial charge on any atom is -0.381 e. The van der Waals surface area contributed by atoms with Gasteiger partial charge in [-0.2, -0.15) is 0 Å². The van der Waals surface area contributed by atoms with Gasteiger partial charge in [-0.3, -0.25) is 4.79 Å². The number of nitrogens with one attached hydrogen (secondary N) is 1. The summed E-state index contributed by atoms with van der Waals surface area (Å²) in [4.78, 5) is 14.5. The maximum absolute atomic E-state index is 12.2. The van der Waals surface area contributed by atoms with Gasteiger partial charge in [-0.15, -0.1) is 0 Å². The minimum absolute atomic E-state index is 0.0702. The molecule has 0 amide bonds. The van der Waals surface area contributed by atoms with Gasteiger partial charge in [0.15, 0.2) is 0 Å². The van der Waals surface area contributed by atoms with Gasteiger partial charge < -0.3 is 14.8 Å². The fraction of sp³-hybridized carbons (Fsp3) is 0.522. The van der Waals surface area contributed by atoms with E-state index in [0.29, 0.717) is 12.0 Å². The van der Waals surface area contributed by atoms with Crippen molar-refractivity contribution in [2.24, 2.45) is 7.05 Å². The molecule has 1 aromatic heterocycles. The molecular formula is C23H35N3O. The lowest BCUT2D eigenvalue weighted by Gasteiger charge is -2.37. The van der Waals surface area contributed by atoms with Crippen molar-refractivity contribution in [1.29, 1.82) is 0 Å². The number of likely N-dealkylation sites (tertiary alicyclic amines) is 1. The van der Waals surface area contributed by atoms with Crippen LogP contribution in [-0.4, -0.2) is 35.6 Å². The first-order valence-corrected chi connectivity index (χ1v) is 10.2. The van der Waals surface area contributed by atoms with Crippen LogP contribution in [0.25, 0.3) is 0 Å². The fourth-order valence-corrected chi connectivity index (χ4v) is 3.83. The largest absolute Gasteiger partial charge is 0.381 e. The predicted octanol–water partition coefficient (Wildman–Crippen LogP) is 4.18. The van der Waals surface area contributed by atoms with Crippen molar-refractivity contribution in [2.75, 3.05) is 25.5 Å². The van der Waals surface area contributed by atoms with Crippen LogP contribution in [0.2, 0.25) is 0 Å². The predicted molar refractivity (Wildman–Crippen MR) is 116 cm³/mol. The Kier molecular flexibility index (Phi) is 7.66. The van der Waals surface area contributed by atoms with E-state index in [1.165, 1.54) is 11.1 Å². The molecule has 0 aliphatic carbocycles. The molecule has 4 heteroatoms. The van der Waals surface area contributed by atoms with Crippen molar-refractivity contribution < 1.29 is 0 Å². The Morgan fingerprint density at radius 1 is 1.07 bits per heavy atom. The summed E-state index contributed by atoms with van der Waals surface area (Å²) in [5, 5.41) is 3.61. The van der Waals surface area contributed by atoms with Gasteiger partial charge in [0.25, 0.3) is 5.56 Å². The lowest BCUT2D eigenvalue weighted by molar-refractivity contribution is 0.235. The first-order valence-electron chi connectivity index (χ1n) is 10.2. The van der Waals surface area contributed by atoms with Gasteiger partial charge >= 0.3 is 0 Å². The fourth-order valence-electron chi connectivity index (χ4n) is 3.83. The van der Waals surface area contributed by atoms with Gasteiger partial charge in [-0.05, 0) is 49.9 Å². The van der Waals surface area contributed by atoms with E-state index < -0.39 is 0 Å². The van der Waals surface area contributed by atoms with Gasteiger partial charge in [0.1, 0.15) is 0 Å². The molecule has 1 aliphatic heterocycles. The molecule has 1 N–H and O–H groups in total. The Morgan fingerprint density at radius 3 is 2.37 bits per heavy atom. The van der Waals surface area contributed by atoms with Gasteiger partial charge in [0, 0.05) is 43.6 Å². The summed E-state index contributed by atoms with van der Waals surface area (Å²) in [6.07, 6.45) is 4.01. The van der Waals surface area contributed by atoms with E-state index in [0.717, 1.165) is 37.2 Å². The van der Waals surface area contributed by atoms with E-state index in [9.17, 15) is 4.79 Å². The molecule has 0 radical (unpaired) electrons. The first kappa shape index (κ1) is 21.2. The number of pyridine rings is 1. The second kappa shape index (κ2) is 9.75. The van der Waals surface area contributed by atoms with Gasteiger partial charge in [0.05, 0.1) is 0 Å². The average Bonchev–Trinajstić information content (AvgIpc) is 2.69. The summed E-state index contributed by atoms with van der Waals surface area (Å²) < 4.78 is 1.63. The quantitative estimate of drug-likeness (QED) is 0.878. The number of hydrogen-bond acceptors (Lipinski definition) is 3. The molecule has 2 aromatic rings. The Balaban J connectivity index is 0.00000126. The number of benzene rings is 1. The zero-order chi connectivity index (χ0) is 20.0. The highest BCUT2D eigenvalue weighted by Crippen LogP contribution is 2.28. The third kappa shape index (κ3) is 5.23. The van der Waals surface area contributed by atoms with Gasteiger partial charge in [0.2, 0.25) is 0 Å². The van der Waals surface area contributed by atoms with E-state index >= 15 is 0 Å². The third-order valence-electron chi connectivity index (χ3n) is 5.36. The molecule has 1 aliphatic rings. The average molecular weight is 370 g/mol. The van der Waals surface area contributed by atoms with Crippen LogP contribution in [0.5, 0.6) is 0 Å². The number of hydrogen-bond donors (Lipinski definition) is 1. The highest BCUT2D eigenvalue weighted by molar-refractivity contribution is 5.50. The zero-order valence-corrected chi connectivity index (χ0v) is 17.7. The number of rotatable bonds is 4. The van der Waals surface area contributed by atoms with E-state index in [-0.39, 0.29) is 5.56 Å². The van der Waals surface area contributed by atoms with Crippen molar-refractivity contribution in [3.63, 3.8) is 0 Å². The second-order valence-electron chi connectivity index (χ2n) is 7.36. The number of likely N-dealkylation sites (N-methyl/N-ethyl adjacent to an activating group) is 1. The molecule has 3 rings (SSSR count). The number of aromatic nitrogens is 1. The van der Waals surface area contributed by atoms with Crippen LogP contribution in [0.1, 0.15) is 49.8 Å². The summed E-state index contributed by atoms with van der Waals surface area (Å²) in [6, 6.07) is 11.4. The zero-order valence-electron chi connectivity index (χ0n) is 17.7. The van der Waals surface area contributed by atoms with Crippen molar-refractivity contribution in [3.8, 4) is 0 Å². The van der Waals surface area contributed by atoms with Crippen LogP contribution in [-0.2, 0) is 13.5 Å². The standard InChI is InChI=1S/C21H29N3O.C2H6/c1-5-16-6-8-17(9-7-16)18-12-19(14-23(3)13-18)22-20-10-11-24(4)21(25)15(20)2;1-2/h6-11,18-19,22H,5,12-14H2,1-4H3;1-2H3. The SMILES string of the molecule is CC.CCc1ccc(C2CC(Nc3ccn(C)c(=O)c3C)CN(C)C2)cc1. The Morgan fingerprint density at radius 2 is 1.74 bits per heavy atom. The second-order valence-corrected chi connectivity index (χ2v) is 7.36. The molecule has 4 nitrogen and oxygen atoms in total. The molecule has 1 fully saturated rings. The summed E-state index contributed by atoms with van der Waals surface area (Å²) in [6.45, 7) is 10.2. The topological polar surface area (TPSA) is 37.3 Å². The maximum atomic E-state index is 12.2. The molecule has 0 spiro atoms. The van der Waals surface area contributed by atoms with E-state index in [4.69, 9.17) is 0 Å². The Hall–Kier alpha value is -2.07. The van der Waals surface area contributed by atoms with Crippen LogP contribution in [0, 0.1) is 6.92 Å². The third-order valence-corrected chi connectivity index (χ3v) is 5.36. The van der Waals surface area contributed by atoms with Crippen LogP contribution in [0.3, 0.4) is 0 Å². The van der Waals surface area contributed by atoms with E-state index in [1.807, 2.05) is 33.0 Å². The molecule has 0 bridgehead atoms. The van der Waals surface area contributed by atoms with Crippen LogP contribution >= 0.6 is 0 Å². The normalized spacial score (nSPS) is 19.9. The summed E-state index contributed by atoms with van der Waals surface area (Å²) in [5.41, 5.74) is 4.63. The lowest BCUT2D eigenvalue weighted by Crippen LogP contribution is -2.43. The monoisotopic (exact) mass is 369 g/mol. The summed E-state index contributed by atoms with van der Waals surface area (Å²) >= 11 is 0. The van der Waals surface area contributed by atoms with E-state index in [1.54, 1.807) is 11.6 Å². The Labute approximate surface area is 164 Å². The van der Waals surface area contributed by atoms with Crippen LogP contribution in [0.4, 0.5) is 5.69 Å². The maximum Gasteiger partial charge on any atom is 0.255 e. The minimum atomic E-state index is 0.0702. The molecule has 2 heterocycles. The van der Waals surface area contributed by atoms with Crippen molar-refractivity contribution in [3.05, 3.63) is 63.6 Å². The van der Waals surface area contributed by atoms with Crippen molar-refractivity contribution in [1.82, 2.24) is 9.47 Å². The van der Waals surface area contributed by atoms with Crippen LogP contribution in [0.15, 0.2) is 41.3 Å². The molecule has 0 saturated carbocycles. The highest BCUT2D eigenvalue weighted by Gasteiger charge is 2.26. The first-order chi connectivity index (χ1) is 13.0. The number of aryl methyl sites for hydroxylation is 2. The van der Waals surface area contributed by atoms with Gasteiger partial charge in [-0.25, -0.2) is 0 Å². The molecule has 1 aromatic carbocycles. The molecular weight excluding hydrogens is 334 g/mol. The van der Waals surface area contributed by atoms with Gasteiger partial charge in [-0.1, -0.05) is 45.0 Å². The number of anilines is 1. The smallest absolute Gasteiger partial charge is 0.255 e. The molecule has 1 saturated heterocycles. The van der Waals surface area contributed by atoms with E-state index in [2.05, 4.69) is 48.5 Å². The molecule has 148 valence electrons. The molecule has 2 atom stereocenters.